The van der Waals surface area contributed by atoms with Gasteiger partial charge in [0, 0.05) is 6.42 Å². The number of carbonyl (C=O) groups excluding carboxylic acids is 2. The van der Waals surface area contributed by atoms with Gasteiger partial charge in [0.25, 0.3) is 0 Å². The normalized spacial score (nSPS) is 11.9. The van der Waals surface area contributed by atoms with Crippen LogP contribution >= 0.6 is 11.6 Å². The van der Waals surface area contributed by atoms with Crippen molar-refractivity contribution in [2.45, 2.75) is 31.6 Å². The maximum Gasteiger partial charge on any atom is 0.336 e. The Morgan fingerprint density at radius 1 is 1.29 bits per heavy atom. The van der Waals surface area contributed by atoms with Gasteiger partial charge in [0.1, 0.15) is 0 Å². The standard InChI is InChI=1S/C13H15ClO3/c1-2-3-9-11(15)17-13(16)12(14)10-7-5-4-6-8-10/h4-8,12H,2-3,9H2,1H3. The molecular formula is C13H15ClO3. The third-order valence-corrected chi connectivity index (χ3v) is 2.68. The molecule has 0 aliphatic rings. The first kappa shape index (κ1) is 13.7. The van der Waals surface area contributed by atoms with E-state index in [1.54, 1.807) is 24.3 Å². The second kappa shape index (κ2) is 7.07. The molecule has 0 amide bonds. The van der Waals surface area contributed by atoms with Gasteiger partial charge in [0.2, 0.25) is 0 Å². The monoisotopic (exact) mass is 254 g/mol. The van der Waals surface area contributed by atoms with Crippen molar-refractivity contribution >= 4 is 23.5 Å². The Bertz CT molecular complexity index is 376. The highest BCUT2D eigenvalue weighted by Gasteiger charge is 2.21. The summed E-state index contributed by atoms with van der Waals surface area (Å²) >= 11 is 5.91. The lowest BCUT2D eigenvalue weighted by Gasteiger charge is -2.08. The first-order chi connectivity index (χ1) is 8.15. The number of hydrogen-bond donors (Lipinski definition) is 0. The Balaban J connectivity index is 2.50. The Kier molecular flexibility index (Phi) is 5.70. The predicted octanol–water partition coefficient (Wildman–Crippen LogP) is 3.23. The molecule has 0 bridgehead atoms. The van der Waals surface area contributed by atoms with E-state index >= 15 is 0 Å². The number of hydrogen-bond acceptors (Lipinski definition) is 3. The average Bonchev–Trinajstić information content (AvgIpc) is 2.36. The molecule has 1 unspecified atom stereocenters. The van der Waals surface area contributed by atoms with Crippen LogP contribution in [-0.4, -0.2) is 11.9 Å². The summed E-state index contributed by atoms with van der Waals surface area (Å²) in [6, 6.07) is 8.81. The Hall–Kier alpha value is -1.35. The highest BCUT2D eigenvalue weighted by molar-refractivity contribution is 6.30. The van der Waals surface area contributed by atoms with E-state index in [1.165, 1.54) is 0 Å². The van der Waals surface area contributed by atoms with E-state index in [-0.39, 0.29) is 6.42 Å². The van der Waals surface area contributed by atoms with Crippen molar-refractivity contribution in [1.82, 2.24) is 0 Å². The van der Waals surface area contributed by atoms with Crippen LogP contribution in [0.3, 0.4) is 0 Å². The van der Waals surface area contributed by atoms with Gasteiger partial charge >= 0.3 is 11.9 Å². The SMILES string of the molecule is CCCCC(=O)OC(=O)C(Cl)c1ccccc1. The lowest BCUT2D eigenvalue weighted by Crippen LogP contribution is -2.16. The van der Waals surface area contributed by atoms with Crippen LogP contribution in [0.25, 0.3) is 0 Å². The summed E-state index contributed by atoms with van der Waals surface area (Å²) in [7, 11) is 0. The van der Waals surface area contributed by atoms with E-state index in [4.69, 9.17) is 11.6 Å². The molecule has 0 N–H and O–H groups in total. The lowest BCUT2D eigenvalue weighted by molar-refractivity contribution is -0.159. The zero-order chi connectivity index (χ0) is 12.7. The summed E-state index contributed by atoms with van der Waals surface area (Å²) in [6.07, 6.45) is 1.84. The number of rotatable bonds is 5. The largest absolute Gasteiger partial charge is 0.392 e. The van der Waals surface area contributed by atoms with Crippen molar-refractivity contribution in [3.8, 4) is 0 Å². The van der Waals surface area contributed by atoms with Crippen molar-refractivity contribution in [2.24, 2.45) is 0 Å². The van der Waals surface area contributed by atoms with E-state index in [0.29, 0.717) is 12.0 Å². The Morgan fingerprint density at radius 3 is 2.53 bits per heavy atom. The number of alkyl halides is 1. The zero-order valence-corrected chi connectivity index (χ0v) is 10.4. The summed E-state index contributed by atoms with van der Waals surface area (Å²) in [4.78, 5) is 22.8. The first-order valence-corrected chi connectivity index (χ1v) is 6.02. The third-order valence-electron chi connectivity index (χ3n) is 2.25. The maximum absolute atomic E-state index is 11.5. The zero-order valence-electron chi connectivity index (χ0n) is 9.69. The summed E-state index contributed by atoms with van der Waals surface area (Å²) in [6.45, 7) is 1.96. The fourth-order valence-electron chi connectivity index (χ4n) is 1.29. The molecule has 3 nitrogen and oxygen atoms in total. The van der Waals surface area contributed by atoms with Crippen LogP contribution in [-0.2, 0) is 14.3 Å². The Morgan fingerprint density at radius 2 is 1.94 bits per heavy atom. The van der Waals surface area contributed by atoms with Gasteiger partial charge in [-0.15, -0.1) is 11.6 Å². The molecule has 0 fully saturated rings. The molecule has 0 heterocycles. The second-order valence-corrected chi connectivity index (χ2v) is 4.11. The fourth-order valence-corrected chi connectivity index (χ4v) is 1.48. The number of halogens is 1. The first-order valence-electron chi connectivity index (χ1n) is 5.58. The van der Waals surface area contributed by atoms with Gasteiger partial charge < -0.3 is 4.74 Å². The summed E-state index contributed by atoms with van der Waals surface area (Å²) < 4.78 is 4.66. The van der Waals surface area contributed by atoms with E-state index < -0.39 is 17.3 Å². The molecule has 0 spiro atoms. The van der Waals surface area contributed by atoms with Gasteiger partial charge in [0.05, 0.1) is 0 Å². The molecule has 0 aromatic heterocycles. The minimum absolute atomic E-state index is 0.251. The predicted molar refractivity (Wildman–Crippen MR) is 65.7 cm³/mol. The molecule has 0 saturated carbocycles. The van der Waals surface area contributed by atoms with Gasteiger partial charge in [-0.3, -0.25) is 4.79 Å². The molecule has 17 heavy (non-hydrogen) atoms. The number of carbonyl (C=O) groups is 2. The van der Waals surface area contributed by atoms with E-state index in [0.717, 1.165) is 6.42 Å². The van der Waals surface area contributed by atoms with Crippen LogP contribution in [0.4, 0.5) is 0 Å². The molecular weight excluding hydrogens is 240 g/mol. The maximum atomic E-state index is 11.5. The molecule has 0 aliphatic carbocycles. The number of benzene rings is 1. The van der Waals surface area contributed by atoms with Gasteiger partial charge in [-0.05, 0) is 12.0 Å². The van der Waals surface area contributed by atoms with Crippen molar-refractivity contribution < 1.29 is 14.3 Å². The van der Waals surface area contributed by atoms with Gasteiger partial charge in [-0.2, -0.15) is 0 Å². The molecule has 1 aromatic rings. The summed E-state index contributed by atoms with van der Waals surface area (Å²) in [5.74, 6) is -1.22. The summed E-state index contributed by atoms with van der Waals surface area (Å²) in [5.41, 5.74) is 0.627. The van der Waals surface area contributed by atoms with E-state index in [1.807, 2.05) is 13.0 Å². The summed E-state index contributed by atoms with van der Waals surface area (Å²) in [5, 5.41) is -0.929. The number of esters is 2. The van der Waals surface area contributed by atoms with Crippen molar-refractivity contribution in [2.75, 3.05) is 0 Å². The highest BCUT2D eigenvalue weighted by Crippen LogP contribution is 2.21. The molecule has 4 heteroatoms. The van der Waals surface area contributed by atoms with Crippen molar-refractivity contribution in [3.05, 3.63) is 35.9 Å². The molecule has 1 atom stereocenters. The number of unbranched alkanes of at least 4 members (excludes halogenated alkanes) is 1. The quantitative estimate of drug-likeness (QED) is 0.460. The molecule has 1 rings (SSSR count). The third kappa shape index (κ3) is 4.57. The van der Waals surface area contributed by atoms with Crippen molar-refractivity contribution in [3.63, 3.8) is 0 Å². The van der Waals surface area contributed by atoms with Crippen LogP contribution in [0, 0.1) is 0 Å². The molecule has 1 aromatic carbocycles. The van der Waals surface area contributed by atoms with Crippen LogP contribution in [0.2, 0.25) is 0 Å². The molecule has 0 saturated heterocycles. The lowest BCUT2D eigenvalue weighted by atomic mass is 10.1. The van der Waals surface area contributed by atoms with Crippen LogP contribution < -0.4 is 0 Å². The van der Waals surface area contributed by atoms with Gasteiger partial charge in [-0.1, -0.05) is 43.7 Å². The van der Waals surface area contributed by atoms with Gasteiger partial charge in [-0.25, -0.2) is 4.79 Å². The minimum Gasteiger partial charge on any atom is -0.392 e. The average molecular weight is 255 g/mol. The van der Waals surface area contributed by atoms with E-state index in [9.17, 15) is 9.59 Å². The minimum atomic E-state index is -0.929. The molecule has 0 aliphatic heterocycles. The molecule has 0 radical (unpaired) electrons. The van der Waals surface area contributed by atoms with E-state index in [2.05, 4.69) is 4.74 Å². The van der Waals surface area contributed by atoms with Crippen LogP contribution in [0.5, 0.6) is 0 Å². The highest BCUT2D eigenvalue weighted by atomic mass is 35.5. The second-order valence-electron chi connectivity index (χ2n) is 3.67. The van der Waals surface area contributed by atoms with Crippen molar-refractivity contribution in [1.29, 1.82) is 0 Å². The Labute approximate surface area is 106 Å². The van der Waals surface area contributed by atoms with Crippen LogP contribution in [0.1, 0.15) is 37.1 Å². The smallest absolute Gasteiger partial charge is 0.336 e. The fraction of sp³-hybridized carbons (Fsp3) is 0.385. The topological polar surface area (TPSA) is 43.4 Å². The number of ether oxygens (including phenoxy) is 1. The molecule has 92 valence electrons. The van der Waals surface area contributed by atoms with Gasteiger partial charge in [0.15, 0.2) is 5.38 Å². The van der Waals surface area contributed by atoms with Crippen LogP contribution in [0.15, 0.2) is 30.3 Å².